The van der Waals surface area contributed by atoms with Crippen LogP contribution < -0.4 is 26.0 Å². The Morgan fingerprint density at radius 3 is 2.62 bits per heavy atom. The predicted octanol–water partition coefficient (Wildman–Crippen LogP) is 4.90. The molecule has 3 aromatic heterocycles. The third-order valence-corrected chi connectivity index (χ3v) is 8.94. The third kappa shape index (κ3) is 8.35. The molecule has 4 heterocycles. The van der Waals surface area contributed by atoms with E-state index in [2.05, 4.69) is 31.2 Å². The van der Waals surface area contributed by atoms with E-state index in [0.717, 1.165) is 28.7 Å². The molecule has 0 unspecified atom stereocenters. The molecule has 48 heavy (non-hydrogen) atoms. The summed E-state index contributed by atoms with van der Waals surface area (Å²) >= 11 is 6.99. The van der Waals surface area contributed by atoms with E-state index in [1.165, 1.54) is 0 Å². The summed E-state index contributed by atoms with van der Waals surface area (Å²) in [5, 5.41) is 22.6. The van der Waals surface area contributed by atoms with Crippen molar-refractivity contribution < 1.29 is 19.4 Å². The molecule has 0 aliphatic carbocycles. The van der Waals surface area contributed by atoms with Gasteiger partial charge in [0.1, 0.15) is 5.69 Å². The molecule has 0 radical (unpaired) electrons. The summed E-state index contributed by atoms with van der Waals surface area (Å²) in [6, 6.07) is 14.9. The number of rotatable bonds is 14. The number of hydrogen-bond donors (Lipinski definition) is 5. The summed E-state index contributed by atoms with van der Waals surface area (Å²) in [7, 11) is 1.58. The molecule has 12 heteroatoms. The molecule has 2 atom stereocenters. The number of halogens is 1. The Morgan fingerprint density at radius 2 is 1.94 bits per heavy atom. The molecule has 2 amide bonds. The highest BCUT2D eigenvalue weighted by atomic mass is 35.5. The molecule has 1 saturated heterocycles. The Balaban J connectivity index is 1.29. The van der Waals surface area contributed by atoms with Crippen LogP contribution in [-0.4, -0.2) is 64.2 Å². The van der Waals surface area contributed by atoms with Crippen LogP contribution >= 0.6 is 11.6 Å². The minimum Gasteiger partial charge on any atom is -0.481 e. The number of nitrogens with zero attached hydrogens (tertiary/aromatic N) is 3. The number of hydrogen-bond acceptors (Lipinski definition) is 9. The largest absolute Gasteiger partial charge is 0.481 e. The van der Waals surface area contributed by atoms with Crippen LogP contribution in [0.1, 0.15) is 53.9 Å². The number of aliphatic hydroxyl groups is 1. The Kier molecular flexibility index (Phi) is 11.7. The van der Waals surface area contributed by atoms with Crippen LogP contribution in [0.3, 0.4) is 0 Å². The molecule has 4 aromatic rings. The quantitative estimate of drug-likeness (QED) is 0.126. The zero-order chi connectivity index (χ0) is 34.2. The average Bonchev–Trinajstić information content (AvgIpc) is 3.51. The van der Waals surface area contributed by atoms with Gasteiger partial charge in [0.2, 0.25) is 11.8 Å². The molecule has 252 valence electrons. The number of amides is 2. The second-order valence-electron chi connectivity index (χ2n) is 12.2. The highest BCUT2D eigenvalue weighted by Crippen LogP contribution is 2.38. The summed E-state index contributed by atoms with van der Waals surface area (Å²) in [4.78, 5) is 38.4. The molecule has 0 spiro atoms. The maximum atomic E-state index is 13.2. The highest BCUT2D eigenvalue weighted by molar-refractivity contribution is 6.35. The lowest BCUT2D eigenvalue weighted by Gasteiger charge is -2.19. The number of carbonyl (C=O) groups excluding carboxylic acids is 2. The standard InChI is InChI=1S/C36H42ClN7O4/c1-21(2)31(20-45)41-17-23-8-11-30(40-16-23)35(47)43-28-7-5-6-26(22(28)3)34-33(37)27(14-15-39-34)29-12-9-24(36(44-29)48-4)18-38-19-25-10-13-32(46)42-25/h5-9,11-12,14-16,21,25,31,38,41,45H,10,13,17-20H2,1-4H3,(H,42,46)(H,43,47)/t25-,31-/m0/s1. The first-order valence-corrected chi connectivity index (χ1v) is 16.5. The SMILES string of the molecule is COc1nc(-c2ccnc(-c3cccc(NC(=O)c4ccc(CN[C@@H](CO)C(C)C)cn4)c3C)c2Cl)ccc1CNC[C@@H]1CCC(=O)N1. The van der Waals surface area contributed by atoms with Crippen molar-refractivity contribution in [3.8, 4) is 28.4 Å². The van der Waals surface area contributed by atoms with Gasteiger partial charge in [0.25, 0.3) is 5.91 Å². The van der Waals surface area contributed by atoms with Gasteiger partial charge in [-0.05, 0) is 54.7 Å². The molecule has 0 bridgehead atoms. The molecule has 11 nitrogen and oxygen atoms in total. The highest BCUT2D eigenvalue weighted by Gasteiger charge is 2.21. The second-order valence-corrected chi connectivity index (χ2v) is 12.6. The fourth-order valence-corrected chi connectivity index (χ4v) is 5.92. The van der Waals surface area contributed by atoms with Gasteiger partial charge in [-0.2, -0.15) is 0 Å². The van der Waals surface area contributed by atoms with Crippen molar-refractivity contribution in [3.05, 3.63) is 88.3 Å². The van der Waals surface area contributed by atoms with Crippen molar-refractivity contribution in [2.45, 2.75) is 58.8 Å². The van der Waals surface area contributed by atoms with Gasteiger partial charge in [-0.25, -0.2) is 4.98 Å². The minimum atomic E-state index is -0.336. The number of pyridine rings is 3. The van der Waals surface area contributed by atoms with Crippen molar-refractivity contribution in [2.24, 2.45) is 5.92 Å². The van der Waals surface area contributed by atoms with E-state index < -0.39 is 0 Å². The fraction of sp³-hybridized carbons (Fsp3) is 0.361. The van der Waals surface area contributed by atoms with Crippen LogP contribution in [0.25, 0.3) is 22.5 Å². The average molecular weight is 672 g/mol. The number of aliphatic hydroxyl groups excluding tert-OH is 1. The van der Waals surface area contributed by atoms with Crippen LogP contribution in [0.5, 0.6) is 5.88 Å². The van der Waals surface area contributed by atoms with Gasteiger partial charge in [0, 0.05) is 72.9 Å². The monoisotopic (exact) mass is 671 g/mol. The molecule has 1 aliphatic heterocycles. The first kappa shape index (κ1) is 34.9. The van der Waals surface area contributed by atoms with E-state index in [1.54, 1.807) is 25.6 Å². The summed E-state index contributed by atoms with van der Waals surface area (Å²) in [6.45, 7) is 7.80. The number of anilines is 1. The summed E-state index contributed by atoms with van der Waals surface area (Å²) < 4.78 is 5.61. The van der Waals surface area contributed by atoms with E-state index in [-0.39, 0.29) is 36.2 Å². The molecule has 1 aliphatic rings. The summed E-state index contributed by atoms with van der Waals surface area (Å²) in [5.41, 5.74) is 6.16. The summed E-state index contributed by atoms with van der Waals surface area (Å²) in [6.07, 6.45) is 4.74. The van der Waals surface area contributed by atoms with Crippen molar-refractivity contribution in [1.29, 1.82) is 0 Å². The number of ether oxygens (including phenoxy) is 1. The van der Waals surface area contributed by atoms with E-state index in [0.29, 0.717) is 65.5 Å². The van der Waals surface area contributed by atoms with Crippen molar-refractivity contribution in [2.75, 3.05) is 25.6 Å². The lowest BCUT2D eigenvalue weighted by Crippen LogP contribution is -2.36. The maximum Gasteiger partial charge on any atom is 0.274 e. The lowest BCUT2D eigenvalue weighted by molar-refractivity contribution is -0.119. The van der Waals surface area contributed by atoms with Crippen LogP contribution in [0.4, 0.5) is 5.69 Å². The normalized spacial score (nSPS) is 15.0. The van der Waals surface area contributed by atoms with Gasteiger partial charge in [-0.3, -0.25) is 19.6 Å². The Hall–Kier alpha value is -4.42. The van der Waals surface area contributed by atoms with Gasteiger partial charge < -0.3 is 31.1 Å². The predicted molar refractivity (Wildman–Crippen MR) is 187 cm³/mol. The summed E-state index contributed by atoms with van der Waals surface area (Å²) in [5.74, 6) is 0.526. The molecular formula is C36H42ClN7O4. The van der Waals surface area contributed by atoms with Crippen LogP contribution in [0.2, 0.25) is 5.02 Å². The number of nitrogens with one attached hydrogen (secondary N) is 4. The molecule has 5 rings (SSSR count). The molecule has 0 saturated carbocycles. The lowest BCUT2D eigenvalue weighted by atomic mass is 10.0. The third-order valence-electron chi connectivity index (χ3n) is 8.55. The zero-order valence-corrected chi connectivity index (χ0v) is 28.4. The van der Waals surface area contributed by atoms with Crippen molar-refractivity contribution in [1.82, 2.24) is 30.9 Å². The van der Waals surface area contributed by atoms with Gasteiger partial charge in [-0.15, -0.1) is 0 Å². The van der Waals surface area contributed by atoms with Gasteiger partial charge >= 0.3 is 0 Å². The maximum absolute atomic E-state index is 13.2. The Labute approximate surface area is 285 Å². The van der Waals surface area contributed by atoms with Gasteiger partial charge in [0.05, 0.1) is 30.1 Å². The first-order chi connectivity index (χ1) is 23.2. The smallest absolute Gasteiger partial charge is 0.274 e. The number of methoxy groups -OCH3 is 1. The second kappa shape index (κ2) is 16.1. The van der Waals surface area contributed by atoms with Crippen LogP contribution in [0, 0.1) is 12.8 Å². The molecule has 1 fully saturated rings. The van der Waals surface area contributed by atoms with E-state index >= 15 is 0 Å². The van der Waals surface area contributed by atoms with E-state index in [9.17, 15) is 14.7 Å². The van der Waals surface area contributed by atoms with Gasteiger partial charge in [-0.1, -0.05) is 49.7 Å². The Bertz CT molecular complexity index is 1750. The number of carbonyl (C=O) groups is 2. The number of benzene rings is 1. The fourth-order valence-electron chi connectivity index (χ4n) is 5.61. The minimum absolute atomic E-state index is 0.0152. The number of aromatic nitrogens is 3. The van der Waals surface area contributed by atoms with Crippen LogP contribution in [-0.2, 0) is 17.9 Å². The van der Waals surface area contributed by atoms with E-state index in [1.807, 2.05) is 63.2 Å². The zero-order valence-electron chi connectivity index (χ0n) is 27.6. The molecular weight excluding hydrogens is 630 g/mol. The first-order valence-electron chi connectivity index (χ1n) is 16.1. The van der Waals surface area contributed by atoms with Crippen molar-refractivity contribution >= 4 is 29.1 Å². The Morgan fingerprint density at radius 1 is 1.10 bits per heavy atom. The van der Waals surface area contributed by atoms with E-state index in [4.69, 9.17) is 21.3 Å². The van der Waals surface area contributed by atoms with Gasteiger partial charge in [0.15, 0.2) is 0 Å². The topological polar surface area (TPSA) is 150 Å². The molecule has 1 aromatic carbocycles. The van der Waals surface area contributed by atoms with Crippen LogP contribution in [0.15, 0.2) is 60.9 Å². The molecule has 5 N–H and O–H groups in total. The van der Waals surface area contributed by atoms with Crippen molar-refractivity contribution in [3.63, 3.8) is 0 Å².